The van der Waals surface area contributed by atoms with Gasteiger partial charge in [0.2, 0.25) is 0 Å². The second-order valence-electron chi connectivity index (χ2n) is 6.96. The first-order valence-corrected chi connectivity index (χ1v) is 9.68. The molecular weight excluding hydrogens is 369 g/mol. The lowest BCUT2D eigenvalue weighted by atomic mass is 10.1. The van der Waals surface area contributed by atoms with E-state index in [0.717, 1.165) is 36.7 Å². The van der Waals surface area contributed by atoms with Gasteiger partial charge in [-0.2, -0.15) is 5.10 Å². The number of benzene rings is 3. The van der Waals surface area contributed by atoms with E-state index < -0.39 is 0 Å². The molecule has 6 heteroatoms. The van der Waals surface area contributed by atoms with Crippen LogP contribution in [0.2, 0.25) is 0 Å². The van der Waals surface area contributed by atoms with E-state index in [1.807, 2.05) is 47.4 Å². The zero-order valence-corrected chi connectivity index (χ0v) is 16.0. The van der Waals surface area contributed by atoms with E-state index in [1.165, 1.54) is 12.3 Å². The summed E-state index contributed by atoms with van der Waals surface area (Å²) in [6.45, 7) is 1.61. The highest BCUT2D eigenvalue weighted by molar-refractivity contribution is 5.89. The number of amides is 1. The molecule has 1 aliphatic heterocycles. The summed E-state index contributed by atoms with van der Waals surface area (Å²) in [6.07, 6.45) is 3.61. The van der Waals surface area contributed by atoms with E-state index in [-0.39, 0.29) is 18.3 Å². The number of hydrogen-bond donors (Lipinski definition) is 1. The zero-order chi connectivity index (χ0) is 20.1. The second kappa shape index (κ2) is 8.73. The molecule has 4 rings (SSSR count). The summed E-state index contributed by atoms with van der Waals surface area (Å²) in [5.74, 6) is -0.0217. The van der Waals surface area contributed by atoms with Gasteiger partial charge < -0.3 is 9.64 Å². The highest BCUT2D eigenvalue weighted by Gasteiger charge is 2.15. The smallest absolute Gasteiger partial charge is 0.277 e. The molecule has 0 aliphatic carbocycles. The molecule has 0 aromatic heterocycles. The maximum absolute atomic E-state index is 14.3. The van der Waals surface area contributed by atoms with Gasteiger partial charge in [-0.25, -0.2) is 9.82 Å². The van der Waals surface area contributed by atoms with Crippen LogP contribution in [0.4, 0.5) is 10.1 Å². The van der Waals surface area contributed by atoms with Gasteiger partial charge in [0, 0.05) is 18.5 Å². The van der Waals surface area contributed by atoms with Gasteiger partial charge in [-0.3, -0.25) is 4.79 Å². The molecule has 0 saturated carbocycles. The predicted molar refractivity (Wildman–Crippen MR) is 113 cm³/mol. The Bertz CT molecular complexity index is 1040. The zero-order valence-electron chi connectivity index (χ0n) is 16.0. The van der Waals surface area contributed by atoms with Gasteiger partial charge in [-0.1, -0.05) is 42.5 Å². The molecular formula is C23H22FN3O2. The first-order valence-electron chi connectivity index (χ1n) is 9.68. The lowest BCUT2D eigenvalue weighted by molar-refractivity contribution is -0.123. The van der Waals surface area contributed by atoms with Crippen molar-refractivity contribution in [1.29, 1.82) is 0 Å². The monoisotopic (exact) mass is 391 g/mol. The molecule has 1 fully saturated rings. The third-order valence-corrected chi connectivity index (χ3v) is 4.93. The van der Waals surface area contributed by atoms with E-state index in [2.05, 4.69) is 10.5 Å². The Kier molecular flexibility index (Phi) is 5.70. The van der Waals surface area contributed by atoms with Gasteiger partial charge in [0.05, 0.1) is 11.9 Å². The highest BCUT2D eigenvalue weighted by Crippen LogP contribution is 2.25. The van der Waals surface area contributed by atoms with Gasteiger partial charge in [0.25, 0.3) is 5.91 Å². The van der Waals surface area contributed by atoms with Crippen LogP contribution in [0.25, 0.3) is 10.8 Å². The van der Waals surface area contributed by atoms with E-state index in [4.69, 9.17) is 4.74 Å². The number of rotatable bonds is 6. The Balaban J connectivity index is 1.32. The number of halogens is 1. The molecule has 1 saturated heterocycles. The molecule has 1 aliphatic rings. The summed E-state index contributed by atoms with van der Waals surface area (Å²) in [6, 6.07) is 18.5. The normalized spacial score (nSPS) is 13.9. The Morgan fingerprint density at radius 3 is 2.72 bits per heavy atom. The van der Waals surface area contributed by atoms with Crippen molar-refractivity contribution in [2.75, 3.05) is 24.6 Å². The lowest BCUT2D eigenvalue weighted by Gasteiger charge is -2.18. The Morgan fingerprint density at radius 2 is 1.90 bits per heavy atom. The fraction of sp³-hybridized carbons (Fsp3) is 0.217. The summed E-state index contributed by atoms with van der Waals surface area (Å²) in [7, 11) is 0. The minimum Gasteiger partial charge on any atom is -0.483 e. The van der Waals surface area contributed by atoms with E-state index in [1.54, 1.807) is 12.1 Å². The predicted octanol–water partition coefficient (Wildman–Crippen LogP) is 4.11. The molecule has 0 bridgehead atoms. The maximum Gasteiger partial charge on any atom is 0.277 e. The average Bonchev–Trinajstić information content (AvgIpc) is 3.27. The fourth-order valence-corrected chi connectivity index (χ4v) is 3.49. The molecule has 0 atom stereocenters. The van der Waals surface area contributed by atoms with Crippen molar-refractivity contribution in [3.8, 4) is 5.75 Å². The van der Waals surface area contributed by atoms with Crippen molar-refractivity contribution in [2.45, 2.75) is 12.8 Å². The molecule has 1 N–H and O–H groups in total. The van der Waals surface area contributed by atoms with Gasteiger partial charge >= 0.3 is 0 Å². The fourth-order valence-electron chi connectivity index (χ4n) is 3.49. The van der Waals surface area contributed by atoms with Crippen molar-refractivity contribution in [1.82, 2.24) is 5.43 Å². The average molecular weight is 391 g/mol. The Labute approximate surface area is 168 Å². The quantitative estimate of drug-likeness (QED) is 0.508. The van der Waals surface area contributed by atoms with E-state index >= 15 is 0 Å². The molecule has 0 radical (unpaired) electrons. The Hall–Kier alpha value is -3.41. The Morgan fingerprint density at radius 1 is 1.10 bits per heavy atom. The van der Waals surface area contributed by atoms with E-state index in [9.17, 15) is 9.18 Å². The van der Waals surface area contributed by atoms with Gasteiger partial charge in [0.1, 0.15) is 11.6 Å². The van der Waals surface area contributed by atoms with Crippen LogP contribution in [0.15, 0.2) is 65.8 Å². The van der Waals surface area contributed by atoms with Crippen LogP contribution in [0.3, 0.4) is 0 Å². The maximum atomic E-state index is 14.3. The van der Waals surface area contributed by atoms with Crippen molar-refractivity contribution in [3.05, 3.63) is 72.0 Å². The largest absolute Gasteiger partial charge is 0.483 e. The topological polar surface area (TPSA) is 53.9 Å². The lowest BCUT2D eigenvalue weighted by Crippen LogP contribution is -2.24. The van der Waals surface area contributed by atoms with Crippen molar-refractivity contribution < 1.29 is 13.9 Å². The first-order chi connectivity index (χ1) is 14.2. The summed E-state index contributed by atoms with van der Waals surface area (Å²) in [5, 5.41) is 5.89. The van der Waals surface area contributed by atoms with Crippen LogP contribution in [-0.2, 0) is 4.79 Å². The number of anilines is 1. The van der Waals surface area contributed by atoms with Gasteiger partial charge in [-0.05, 0) is 42.0 Å². The van der Waals surface area contributed by atoms with Crippen LogP contribution >= 0.6 is 0 Å². The molecule has 3 aromatic carbocycles. The number of fused-ring (bicyclic) bond motifs is 1. The molecule has 29 heavy (non-hydrogen) atoms. The number of hydrogen-bond acceptors (Lipinski definition) is 4. The minimum absolute atomic E-state index is 0.159. The molecule has 3 aromatic rings. The van der Waals surface area contributed by atoms with Crippen LogP contribution < -0.4 is 15.1 Å². The first kappa shape index (κ1) is 18.9. The van der Waals surface area contributed by atoms with Crippen LogP contribution in [-0.4, -0.2) is 31.8 Å². The summed E-state index contributed by atoms with van der Waals surface area (Å²) in [4.78, 5) is 14.1. The highest BCUT2D eigenvalue weighted by atomic mass is 19.1. The second-order valence-corrected chi connectivity index (χ2v) is 6.96. The molecule has 1 heterocycles. The molecule has 1 amide bonds. The van der Waals surface area contributed by atoms with Crippen LogP contribution in [0.1, 0.15) is 18.4 Å². The van der Waals surface area contributed by atoms with Crippen LogP contribution in [0, 0.1) is 5.82 Å². The number of nitrogens with one attached hydrogen (secondary N) is 1. The molecule has 0 spiro atoms. The number of carbonyl (C=O) groups is 1. The molecule has 5 nitrogen and oxygen atoms in total. The van der Waals surface area contributed by atoms with Crippen molar-refractivity contribution >= 4 is 28.6 Å². The minimum atomic E-state index is -0.386. The standard InChI is InChI=1S/C23H22FN3O2/c24-20-14-17(10-11-21(20)27-12-3-4-13-27)15-25-26-23(28)16-29-22-9-5-7-18-6-1-2-8-19(18)22/h1-2,5-11,14-15H,3-4,12-13,16H2,(H,26,28)/b25-15+. The number of carbonyl (C=O) groups excluding carboxylic acids is 1. The third-order valence-electron chi connectivity index (χ3n) is 4.93. The summed E-state index contributed by atoms with van der Waals surface area (Å²) >= 11 is 0. The van der Waals surface area contributed by atoms with E-state index in [0.29, 0.717) is 17.0 Å². The SMILES string of the molecule is O=C(COc1cccc2ccccc12)N/N=C/c1ccc(N2CCCC2)c(F)c1. The molecule has 0 unspecified atom stereocenters. The number of hydrazone groups is 1. The number of ether oxygens (including phenoxy) is 1. The van der Waals surface area contributed by atoms with Crippen molar-refractivity contribution in [2.24, 2.45) is 5.10 Å². The third kappa shape index (κ3) is 4.54. The number of nitrogens with zero attached hydrogens (tertiary/aromatic N) is 2. The van der Waals surface area contributed by atoms with Gasteiger partial charge in [0.15, 0.2) is 6.61 Å². The summed E-state index contributed by atoms with van der Waals surface area (Å²) in [5.41, 5.74) is 3.61. The van der Waals surface area contributed by atoms with Crippen molar-refractivity contribution in [3.63, 3.8) is 0 Å². The molecule has 148 valence electrons. The van der Waals surface area contributed by atoms with Crippen LogP contribution in [0.5, 0.6) is 5.75 Å². The summed E-state index contributed by atoms with van der Waals surface area (Å²) < 4.78 is 19.9. The van der Waals surface area contributed by atoms with Gasteiger partial charge in [-0.15, -0.1) is 0 Å².